The third-order valence-corrected chi connectivity index (χ3v) is 8.14. The van der Waals surface area contributed by atoms with Crippen molar-refractivity contribution < 1.29 is 34.0 Å². The SMILES string of the molecule is Cc1ccc(NC(=O)Oc2ccc(Oc3ccc(OC(=O)Nc4ccc(C)cc4C)cc3-c3ccc(O)cc3)c(-c3ccc(O)cc3)c2)c(C)c1. The van der Waals surface area contributed by atoms with Gasteiger partial charge < -0.3 is 24.4 Å². The fraction of sp³-hybridized carbons (Fsp3) is 0.0952. The number of anilines is 2. The Hall–Kier alpha value is -6.74. The summed E-state index contributed by atoms with van der Waals surface area (Å²) in [6.07, 6.45) is -1.31. The Bertz CT molecular complexity index is 2070. The number of carbonyl (C=O) groups is 2. The second-order valence-electron chi connectivity index (χ2n) is 12.2. The largest absolute Gasteiger partial charge is 0.508 e. The van der Waals surface area contributed by atoms with Gasteiger partial charge in [0.25, 0.3) is 0 Å². The van der Waals surface area contributed by atoms with Gasteiger partial charge in [-0.3, -0.25) is 10.6 Å². The number of ether oxygens (including phenoxy) is 3. The Morgan fingerprint density at radius 3 is 1.25 bits per heavy atom. The highest BCUT2D eigenvalue weighted by atomic mass is 16.6. The smallest absolute Gasteiger partial charge is 0.417 e. The molecule has 6 aromatic carbocycles. The second-order valence-corrected chi connectivity index (χ2v) is 12.2. The molecule has 0 aliphatic carbocycles. The highest BCUT2D eigenvalue weighted by Gasteiger charge is 2.17. The molecule has 0 saturated carbocycles. The normalized spacial score (nSPS) is 10.7. The van der Waals surface area contributed by atoms with Crippen LogP contribution in [0, 0.1) is 27.7 Å². The number of rotatable bonds is 8. The summed E-state index contributed by atoms with van der Waals surface area (Å²) in [5.74, 6) is 1.56. The van der Waals surface area contributed by atoms with E-state index in [-0.39, 0.29) is 23.0 Å². The lowest BCUT2D eigenvalue weighted by Crippen LogP contribution is -2.17. The third-order valence-electron chi connectivity index (χ3n) is 8.14. The molecule has 0 aliphatic heterocycles. The Morgan fingerprint density at radius 1 is 0.490 bits per heavy atom. The zero-order chi connectivity index (χ0) is 36.1. The van der Waals surface area contributed by atoms with Gasteiger partial charge in [-0.1, -0.05) is 59.7 Å². The van der Waals surface area contributed by atoms with E-state index in [1.54, 1.807) is 84.9 Å². The minimum Gasteiger partial charge on any atom is -0.508 e. The monoisotopic (exact) mass is 680 g/mol. The number of carbonyl (C=O) groups excluding carboxylic acids is 2. The maximum absolute atomic E-state index is 12.9. The highest BCUT2D eigenvalue weighted by molar-refractivity contribution is 5.89. The van der Waals surface area contributed by atoms with Crippen LogP contribution in [0.3, 0.4) is 0 Å². The first-order chi connectivity index (χ1) is 24.5. The molecule has 6 rings (SSSR count). The number of benzene rings is 6. The standard InChI is InChI=1S/C42H36N2O7/c1-25-5-17-37(27(3)21-25)43-41(47)49-33-15-19-39(35(23-33)29-7-11-31(45)12-8-29)51-40-20-16-34(24-36(40)30-9-13-32(46)14-10-30)50-42(48)44-38-18-6-26(2)22-28(38)4/h5-24,45-46H,1-4H3,(H,43,47)(H,44,48). The lowest BCUT2D eigenvalue weighted by Gasteiger charge is -2.17. The van der Waals surface area contributed by atoms with Crippen molar-refractivity contribution in [3.8, 4) is 56.8 Å². The summed E-state index contributed by atoms with van der Waals surface area (Å²) >= 11 is 0. The molecule has 51 heavy (non-hydrogen) atoms. The Labute approximate surface area is 295 Å². The molecule has 0 radical (unpaired) electrons. The molecule has 0 spiro atoms. The number of hydrogen-bond acceptors (Lipinski definition) is 7. The van der Waals surface area contributed by atoms with Crippen LogP contribution in [0.5, 0.6) is 34.5 Å². The summed E-state index contributed by atoms with van der Waals surface area (Å²) in [5, 5.41) is 25.5. The van der Waals surface area contributed by atoms with Crippen LogP contribution in [0.2, 0.25) is 0 Å². The molecule has 0 heterocycles. The van der Waals surface area contributed by atoms with Crippen LogP contribution in [-0.4, -0.2) is 22.4 Å². The van der Waals surface area contributed by atoms with Gasteiger partial charge in [0, 0.05) is 22.5 Å². The fourth-order valence-electron chi connectivity index (χ4n) is 5.57. The number of aryl methyl sites for hydroxylation is 4. The predicted octanol–water partition coefficient (Wildman–Crippen LogP) is 10.7. The number of phenolic OH excluding ortho intramolecular Hbond substituents is 2. The topological polar surface area (TPSA) is 126 Å². The van der Waals surface area contributed by atoms with Crippen molar-refractivity contribution in [2.75, 3.05) is 10.6 Å². The summed E-state index contributed by atoms with van der Waals surface area (Å²) in [7, 11) is 0. The van der Waals surface area contributed by atoms with E-state index in [0.29, 0.717) is 45.1 Å². The summed E-state index contributed by atoms with van der Waals surface area (Å²) in [6, 6.07) is 34.5. The molecule has 0 saturated heterocycles. The van der Waals surface area contributed by atoms with Gasteiger partial charge in [0.1, 0.15) is 34.5 Å². The molecule has 0 bridgehead atoms. The average Bonchev–Trinajstić information content (AvgIpc) is 3.09. The van der Waals surface area contributed by atoms with Crippen molar-refractivity contribution in [3.63, 3.8) is 0 Å². The van der Waals surface area contributed by atoms with Crippen LogP contribution in [0.25, 0.3) is 22.3 Å². The van der Waals surface area contributed by atoms with Gasteiger partial charge in [-0.25, -0.2) is 9.59 Å². The summed E-state index contributed by atoms with van der Waals surface area (Å²) < 4.78 is 17.9. The van der Waals surface area contributed by atoms with Crippen LogP contribution in [0.4, 0.5) is 21.0 Å². The quantitative estimate of drug-likeness (QED) is 0.126. The molecule has 0 aromatic heterocycles. The molecular formula is C42H36N2O7. The minimum absolute atomic E-state index is 0.0910. The zero-order valence-corrected chi connectivity index (χ0v) is 28.5. The van der Waals surface area contributed by atoms with Crippen molar-refractivity contribution in [3.05, 3.63) is 144 Å². The van der Waals surface area contributed by atoms with E-state index in [9.17, 15) is 19.8 Å². The molecule has 6 aromatic rings. The average molecular weight is 681 g/mol. The molecule has 0 unspecified atom stereocenters. The molecule has 9 heteroatoms. The van der Waals surface area contributed by atoms with Gasteiger partial charge in [0.05, 0.1) is 0 Å². The molecular weight excluding hydrogens is 644 g/mol. The zero-order valence-electron chi connectivity index (χ0n) is 28.5. The minimum atomic E-state index is -0.654. The van der Waals surface area contributed by atoms with Crippen LogP contribution in [0.15, 0.2) is 121 Å². The number of phenols is 2. The van der Waals surface area contributed by atoms with E-state index in [0.717, 1.165) is 22.3 Å². The van der Waals surface area contributed by atoms with E-state index in [1.807, 2.05) is 64.1 Å². The summed E-state index contributed by atoms with van der Waals surface area (Å²) in [6.45, 7) is 7.77. The molecule has 2 amide bonds. The number of amides is 2. The van der Waals surface area contributed by atoms with Crippen LogP contribution < -0.4 is 24.8 Å². The van der Waals surface area contributed by atoms with Crippen molar-refractivity contribution >= 4 is 23.6 Å². The maximum Gasteiger partial charge on any atom is 0.417 e. The van der Waals surface area contributed by atoms with Gasteiger partial charge in [-0.05, 0) is 123 Å². The van der Waals surface area contributed by atoms with Crippen molar-refractivity contribution in [1.29, 1.82) is 0 Å². The van der Waals surface area contributed by atoms with Crippen LogP contribution >= 0.6 is 0 Å². The summed E-state index contributed by atoms with van der Waals surface area (Å²) in [4.78, 5) is 25.8. The Kier molecular flexibility index (Phi) is 9.90. The highest BCUT2D eigenvalue weighted by Crippen LogP contribution is 2.42. The molecule has 256 valence electrons. The number of aromatic hydroxyl groups is 2. The van der Waals surface area contributed by atoms with Crippen molar-refractivity contribution in [2.45, 2.75) is 27.7 Å². The Morgan fingerprint density at radius 2 is 0.882 bits per heavy atom. The maximum atomic E-state index is 12.9. The van der Waals surface area contributed by atoms with Gasteiger partial charge in [0.15, 0.2) is 0 Å². The molecule has 0 atom stereocenters. The molecule has 0 fully saturated rings. The van der Waals surface area contributed by atoms with Gasteiger partial charge in [0.2, 0.25) is 0 Å². The Balaban J connectivity index is 1.31. The van der Waals surface area contributed by atoms with E-state index in [1.165, 1.54) is 0 Å². The van der Waals surface area contributed by atoms with Crippen molar-refractivity contribution in [2.24, 2.45) is 0 Å². The van der Waals surface area contributed by atoms with E-state index in [4.69, 9.17) is 14.2 Å². The van der Waals surface area contributed by atoms with Crippen molar-refractivity contribution in [1.82, 2.24) is 0 Å². The first kappa shape index (κ1) is 34.1. The van der Waals surface area contributed by atoms with E-state index < -0.39 is 12.2 Å². The lowest BCUT2D eigenvalue weighted by molar-refractivity contribution is 0.214. The fourth-order valence-corrected chi connectivity index (χ4v) is 5.57. The van der Waals surface area contributed by atoms with Gasteiger partial charge in [-0.15, -0.1) is 0 Å². The first-order valence-electron chi connectivity index (χ1n) is 16.2. The molecule has 4 N–H and O–H groups in total. The van der Waals surface area contributed by atoms with E-state index >= 15 is 0 Å². The first-order valence-corrected chi connectivity index (χ1v) is 16.2. The predicted molar refractivity (Wildman–Crippen MR) is 198 cm³/mol. The van der Waals surface area contributed by atoms with Crippen LogP contribution in [0.1, 0.15) is 22.3 Å². The molecule has 9 nitrogen and oxygen atoms in total. The lowest BCUT2D eigenvalue weighted by atomic mass is 10.0. The summed E-state index contributed by atoms with van der Waals surface area (Å²) in [5.41, 5.74) is 7.79. The third kappa shape index (κ3) is 8.47. The second kappa shape index (κ2) is 14.8. The van der Waals surface area contributed by atoms with E-state index in [2.05, 4.69) is 10.6 Å². The number of hydrogen-bond donors (Lipinski definition) is 4. The van der Waals surface area contributed by atoms with Gasteiger partial charge in [-0.2, -0.15) is 0 Å². The van der Waals surface area contributed by atoms with Crippen LogP contribution in [-0.2, 0) is 0 Å². The number of nitrogens with one attached hydrogen (secondary N) is 2. The molecule has 0 aliphatic rings. The van der Waals surface area contributed by atoms with Gasteiger partial charge >= 0.3 is 12.2 Å².